The molecule has 0 bridgehead atoms. The standard InChI is InChI=1S/C20H19NO3/c1-14(2)24-20-17(5-4-6-19(20)23-3)11-12-18(22)16-9-7-15(13-21)8-10-16/h4-12,14H,1-3H3/b12-11+. The summed E-state index contributed by atoms with van der Waals surface area (Å²) in [5.74, 6) is 1.09. The molecule has 2 aromatic carbocycles. The Kier molecular flexibility index (Phi) is 5.75. The molecule has 0 fully saturated rings. The van der Waals surface area contributed by atoms with Crippen LogP contribution in [-0.4, -0.2) is 19.0 Å². The highest BCUT2D eigenvalue weighted by molar-refractivity contribution is 6.07. The monoisotopic (exact) mass is 321 g/mol. The molecule has 0 atom stereocenters. The third kappa shape index (κ3) is 4.23. The van der Waals surface area contributed by atoms with E-state index in [0.29, 0.717) is 22.6 Å². The van der Waals surface area contributed by atoms with Crippen LogP contribution in [0.15, 0.2) is 48.5 Å². The summed E-state index contributed by atoms with van der Waals surface area (Å²) in [6.07, 6.45) is 3.19. The number of nitrogens with zero attached hydrogens (tertiary/aromatic N) is 1. The maximum atomic E-state index is 12.3. The van der Waals surface area contributed by atoms with Crippen molar-refractivity contribution in [1.82, 2.24) is 0 Å². The summed E-state index contributed by atoms with van der Waals surface area (Å²) in [5, 5.41) is 8.80. The average Bonchev–Trinajstić information content (AvgIpc) is 2.60. The van der Waals surface area contributed by atoms with E-state index < -0.39 is 0 Å². The number of ether oxygens (including phenoxy) is 2. The molecule has 4 nitrogen and oxygen atoms in total. The highest BCUT2D eigenvalue weighted by Gasteiger charge is 2.11. The molecule has 0 radical (unpaired) electrons. The quantitative estimate of drug-likeness (QED) is 0.589. The second-order valence-corrected chi connectivity index (χ2v) is 5.43. The van der Waals surface area contributed by atoms with E-state index in [1.807, 2.05) is 38.1 Å². The summed E-state index contributed by atoms with van der Waals surface area (Å²) in [4.78, 5) is 12.3. The second kappa shape index (κ2) is 7.98. The lowest BCUT2D eigenvalue weighted by Crippen LogP contribution is -2.08. The number of methoxy groups -OCH3 is 1. The van der Waals surface area contributed by atoms with Gasteiger partial charge in [0.15, 0.2) is 17.3 Å². The number of benzene rings is 2. The fraction of sp³-hybridized carbons (Fsp3) is 0.200. The molecule has 0 spiro atoms. The molecule has 2 aromatic rings. The van der Waals surface area contributed by atoms with Crippen molar-refractivity contribution in [3.63, 3.8) is 0 Å². The average molecular weight is 321 g/mol. The predicted molar refractivity (Wildman–Crippen MR) is 93.3 cm³/mol. The van der Waals surface area contributed by atoms with Gasteiger partial charge >= 0.3 is 0 Å². The Labute approximate surface area is 141 Å². The van der Waals surface area contributed by atoms with Gasteiger partial charge in [-0.3, -0.25) is 4.79 Å². The van der Waals surface area contributed by atoms with Crippen LogP contribution >= 0.6 is 0 Å². The fourth-order valence-electron chi connectivity index (χ4n) is 2.16. The van der Waals surface area contributed by atoms with E-state index in [2.05, 4.69) is 0 Å². The minimum Gasteiger partial charge on any atom is -0.493 e. The number of allylic oxidation sites excluding steroid dienone is 1. The molecule has 0 aliphatic carbocycles. The van der Waals surface area contributed by atoms with Crippen LogP contribution in [0.5, 0.6) is 11.5 Å². The van der Waals surface area contributed by atoms with Crippen LogP contribution in [0.3, 0.4) is 0 Å². The lowest BCUT2D eigenvalue weighted by atomic mass is 10.1. The van der Waals surface area contributed by atoms with Crippen molar-refractivity contribution in [1.29, 1.82) is 5.26 Å². The molecule has 0 heterocycles. The molecule has 0 aromatic heterocycles. The molecule has 0 aliphatic rings. The SMILES string of the molecule is COc1cccc(/C=C/C(=O)c2ccc(C#N)cc2)c1OC(C)C. The van der Waals surface area contributed by atoms with E-state index in [-0.39, 0.29) is 11.9 Å². The van der Waals surface area contributed by atoms with Crippen LogP contribution in [0, 0.1) is 11.3 Å². The highest BCUT2D eigenvalue weighted by atomic mass is 16.5. The molecule has 0 saturated heterocycles. The van der Waals surface area contributed by atoms with Gasteiger partial charge in [-0.1, -0.05) is 12.1 Å². The van der Waals surface area contributed by atoms with E-state index in [9.17, 15) is 4.79 Å². The van der Waals surface area contributed by atoms with Crippen molar-refractivity contribution in [3.05, 3.63) is 65.2 Å². The van der Waals surface area contributed by atoms with Gasteiger partial charge in [0, 0.05) is 11.1 Å². The molecule has 0 unspecified atom stereocenters. The molecule has 0 saturated carbocycles. The third-order valence-corrected chi connectivity index (χ3v) is 3.30. The first-order chi connectivity index (χ1) is 11.5. The Bertz CT molecular complexity index is 784. The molecule has 2 rings (SSSR count). The third-order valence-electron chi connectivity index (χ3n) is 3.30. The zero-order valence-electron chi connectivity index (χ0n) is 13.9. The van der Waals surface area contributed by atoms with Crippen LogP contribution in [0.2, 0.25) is 0 Å². The minimum atomic E-state index is -0.141. The van der Waals surface area contributed by atoms with Gasteiger partial charge in [0.1, 0.15) is 0 Å². The first-order valence-electron chi connectivity index (χ1n) is 7.61. The number of ketones is 1. The number of hydrogen-bond acceptors (Lipinski definition) is 4. The molecular weight excluding hydrogens is 302 g/mol. The van der Waals surface area contributed by atoms with Crippen molar-refractivity contribution in [3.8, 4) is 17.6 Å². The Morgan fingerprint density at radius 2 is 1.88 bits per heavy atom. The van der Waals surface area contributed by atoms with Crippen LogP contribution in [0.4, 0.5) is 0 Å². The van der Waals surface area contributed by atoms with Crippen LogP contribution in [-0.2, 0) is 0 Å². The number of carbonyl (C=O) groups is 1. The minimum absolute atomic E-state index is 0.0114. The fourth-order valence-corrected chi connectivity index (χ4v) is 2.16. The maximum absolute atomic E-state index is 12.3. The van der Waals surface area contributed by atoms with Gasteiger partial charge in [0.05, 0.1) is 24.8 Å². The highest BCUT2D eigenvalue weighted by Crippen LogP contribution is 2.32. The van der Waals surface area contributed by atoms with E-state index in [0.717, 1.165) is 5.56 Å². The van der Waals surface area contributed by atoms with E-state index in [1.54, 1.807) is 37.5 Å². The van der Waals surface area contributed by atoms with Crippen molar-refractivity contribution in [2.75, 3.05) is 7.11 Å². The van der Waals surface area contributed by atoms with E-state index in [1.165, 1.54) is 6.08 Å². The summed E-state index contributed by atoms with van der Waals surface area (Å²) in [6, 6.07) is 14.1. The van der Waals surface area contributed by atoms with Crippen LogP contribution in [0.1, 0.15) is 35.3 Å². The van der Waals surface area contributed by atoms with Gasteiger partial charge in [0.2, 0.25) is 0 Å². The smallest absolute Gasteiger partial charge is 0.185 e. The number of carbonyl (C=O) groups excluding carboxylic acids is 1. The lowest BCUT2D eigenvalue weighted by molar-refractivity contribution is 0.104. The number of nitriles is 1. The van der Waals surface area contributed by atoms with Crippen LogP contribution < -0.4 is 9.47 Å². The Morgan fingerprint density at radius 1 is 1.17 bits per heavy atom. The summed E-state index contributed by atoms with van der Waals surface area (Å²) < 4.78 is 11.1. The summed E-state index contributed by atoms with van der Waals surface area (Å²) in [5.41, 5.74) is 1.82. The molecular formula is C20H19NO3. The normalized spacial score (nSPS) is 10.6. The van der Waals surface area contributed by atoms with Gasteiger partial charge in [0.25, 0.3) is 0 Å². The Hall–Kier alpha value is -3.06. The van der Waals surface area contributed by atoms with Gasteiger partial charge < -0.3 is 9.47 Å². The number of para-hydroxylation sites is 1. The van der Waals surface area contributed by atoms with Crippen molar-refractivity contribution < 1.29 is 14.3 Å². The predicted octanol–water partition coefficient (Wildman–Crippen LogP) is 4.25. The van der Waals surface area contributed by atoms with Crippen LogP contribution in [0.25, 0.3) is 6.08 Å². The first kappa shape index (κ1) is 17.3. The van der Waals surface area contributed by atoms with E-state index in [4.69, 9.17) is 14.7 Å². The first-order valence-corrected chi connectivity index (χ1v) is 7.61. The second-order valence-electron chi connectivity index (χ2n) is 5.43. The zero-order chi connectivity index (χ0) is 17.5. The topological polar surface area (TPSA) is 59.3 Å². The molecule has 4 heteroatoms. The molecule has 0 amide bonds. The van der Waals surface area contributed by atoms with Crippen molar-refractivity contribution in [2.24, 2.45) is 0 Å². The molecule has 24 heavy (non-hydrogen) atoms. The van der Waals surface area contributed by atoms with Gasteiger partial charge in [-0.2, -0.15) is 5.26 Å². The van der Waals surface area contributed by atoms with E-state index >= 15 is 0 Å². The summed E-state index contributed by atoms with van der Waals surface area (Å²) in [7, 11) is 1.58. The summed E-state index contributed by atoms with van der Waals surface area (Å²) >= 11 is 0. The molecule has 122 valence electrons. The maximum Gasteiger partial charge on any atom is 0.185 e. The largest absolute Gasteiger partial charge is 0.493 e. The molecule has 0 aliphatic heterocycles. The Balaban J connectivity index is 2.27. The van der Waals surface area contributed by atoms with Crippen molar-refractivity contribution >= 4 is 11.9 Å². The number of rotatable bonds is 6. The van der Waals surface area contributed by atoms with Crippen molar-refractivity contribution in [2.45, 2.75) is 20.0 Å². The summed E-state index contributed by atoms with van der Waals surface area (Å²) in [6.45, 7) is 3.86. The Morgan fingerprint density at radius 3 is 2.46 bits per heavy atom. The van der Waals surface area contributed by atoms with Gasteiger partial charge in [-0.15, -0.1) is 0 Å². The molecule has 0 N–H and O–H groups in total. The van der Waals surface area contributed by atoms with Gasteiger partial charge in [-0.05, 0) is 56.3 Å². The lowest BCUT2D eigenvalue weighted by Gasteiger charge is -2.15. The number of hydrogen-bond donors (Lipinski definition) is 0. The zero-order valence-corrected chi connectivity index (χ0v) is 13.9. The van der Waals surface area contributed by atoms with Gasteiger partial charge in [-0.25, -0.2) is 0 Å².